The highest BCUT2D eigenvalue weighted by Crippen LogP contribution is 2.34. The Morgan fingerprint density at radius 1 is 1.07 bits per heavy atom. The zero-order valence-electron chi connectivity index (χ0n) is 16.0. The summed E-state index contributed by atoms with van der Waals surface area (Å²) in [5, 5.41) is 1.86. The number of hydrogen-bond acceptors (Lipinski definition) is 6. The second-order valence-corrected chi connectivity index (χ2v) is 8.77. The first-order valence-electron chi connectivity index (χ1n) is 9.30. The summed E-state index contributed by atoms with van der Waals surface area (Å²) in [4.78, 5) is 14.0. The average molecular weight is 419 g/mol. The van der Waals surface area contributed by atoms with E-state index >= 15 is 0 Å². The maximum absolute atomic E-state index is 12.8. The quantitative estimate of drug-likeness (QED) is 0.615. The van der Waals surface area contributed by atoms with Crippen LogP contribution in [0, 0.1) is 0 Å². The van der Waals surface area contributed by atoms with Crippen LogP contribution in [0.2, 0.25) is 0 Å². The van der Waals surface area contributed by atoms with Crippen molar-refractivity contribution in [1.82, 2.24) is 10.4 Å². The molecule has 154 valence electrons. The van der Waals surface area contributed by atoms with E-state index in [1.165, 1.54) is 17.0 Å². The van der Waals surface area contributed by atoms with Crippen molar-refractivity contribution in [3.05, 3.63) is 48.0 Å². The molecule has 2 aromatic carbocycles. The van der Waals surface area contributed by atoms with Crippen molar-refractivity contribution >= 4 is 21.6 Å². The topological polar surface area (TPSA) is 101 Å². The van der Waals surface area contributed by atoms with Gasteiger partial charge in [-0.3, -0.25) is 14.9 Å². The molecule has 2 aliphatic rings. The number of hydrazine groups is 1. The third kappa shape index (κ3) is 4.44. The summed E-state index contributed by atoms with van der Waals surface area (Å²) in [5.41, 5.74) is 3.48. The maximum atomic E-state index is 12.8. The molecule has 2 aliphatic heterocycles. The number of carbonyl (C=O) groups excluding carboxylic acids is 1. The Bertz CT molecular complexity index is 1020. The molecule has 4 rings (SSSR count). The van der Waals surface area contributed by atoms with E-state index in [9.17, 15) is 13.2 Å². The number of piperazine rings is 1. The zero-order chi connectivity index (χ0) is 20.4. The van der Waals surface area contributed by atoms with Crippen molar-refractivity contribution in [2.24, 2.45) is 0 Å². The van der Waals surface area contributed by atoms with Crippen LogP contribution in [0.5, 0.6) is 11.5 Å². The predicted molar refractivity (Wildman–Crippen MR) is 105 cm³/mol. The van der Waals surface area contributed by atoms with E-state index in [0.717, 1.165) is 26.2 Å². The lowest BCUT2D eigenvalue weighted by atomic mass is 10.2. The first-order chi connectivity index (χ1) is 13.9. The fraction of sp³-hybridized carbons (Fsp3) is 0.316. The van der Waals surface area contributed by atoms with E-state index in [2.05, 4.69) is 17.2 Å². The molecule has 0 atom stereocenters. The minimum Gasteiger partial charge on any atom is -0.454 e. The van der Waals surface area contributed by atoms with Gasteiger partial charge in [-0.25, -0.2) is 13.4 Å². The first-order valence-corrected chi connectivity index (χ1v) is 10.8. The minimum atomic E-state index is -3.87. The molecule has 29 heavy (non-hydrogen) atoms. The first kappa shape index (κ1) is 19.5. The Hall–Kier alpha value is -2.82. The van der Waals surface area contributed by atoms with Crippen LogP contribution in [0.3, 0.4) is 0 Å². The van der Waals surface area contributed by atoms with Crippen LogP contribution < -0.4 is 24.5 Å². The molecule has 0 aliphatic carbocycles. The number of hydrogen-bond donors (Lipinski definition) is 3. The summed E-state index contributed by atoms with van der Waals surface area (Å²) in [5.74, 6) is 0.717. The molecule has 1 amide bonds. The summed E-state index contributed by atoms with van der Waals surface area (Å²) >= 11 is 0. The van der Waals surface area contributed by atoms with Crippen LogP contribution in [0.1, 0.15) is 10.4 Å². The lowest BCUT2D eigenvalue weighted by molar-refractivity contribution is -0.884. The van der Waals surface area contributed by atoms with Crippen LogP contribution in [-0.4, -0.2) is 59.4 Å². The Balaban J connectivity index is 1.47. The molecule has 3 N–H and O–H groups in total. The summed E-state index contributed by atoms with van der Waals surface area (Å²) in [7, 11) is -1.76. The number of nitrogens with zero attached hydrogens (tertiary/aromatic N) is 1. The van der Waals surface area contributed by atoms with Crippen molar-refractivity contribution in [3.63, 3.8) is 0 Å². The van der Waals surface area contributed by atoms with Crippen molar-refractivity contribution in [2.75, 3.05) is 44.7 Å². The normalized spacial score (nSPS) is 17.1. The van der Waals surface area contributed by atoms with Crippen LogP contribution in [-0.2, 0) is 10.0 Å². The molecule has 9 nitrogen and oxygen atoms in total. The van der Waals surface area contributed by atoms with Gasteiger partial charge >= 0.3 is 0 Å². The standard InChI is InChI=1S/C19H22N4O5S/c1-22-7-9-23(10-8-22)20-19(24)14-3-2-4-16(11-14)29(25,26)21-15-5-6-17-18(12-15)28-13-27-17/h2-6,11-12,21H,7-10,13H2,1H3,(H,20,24)/p+1. The Labute approximate surface area is 169 Å². The van der Waals surface area contributed by atoms with Crippen LogP contribution in [0.15, 0.2) is 47.4 Å². The van der Waals surface area contributed by atoms with Crippen molar-refractivity contribution < 1.29 is 27.6 Å². The highest BCUT2D eigenvalue weighted by atomic mass is 32.2. The molecule has 0 bridgehead atoms. The number of fused-ring (bicyclic) bond motifs is 1. The SMILES string of the molecule is C[NH+]1CCN(NC(=O)c2cccc(S(=O)(=O)Nc3ccc4c(c3)OCO4)c2)CC1. The largest absolute Gasteiger partial charge is 0.454 e. The number of rotatable bonds is 5. The number of nitrogens with one attached hydrogen (secondary N) is 3. The van der Waals surface area contributed by atoms with Crippen molar-refractivity contribution in [3.8, 4) is 11.5 Å². The van der Waals surface area contributed by atoms with Gasteiger partial charge in [-0.05, 0) is 30.3 Å². The average Bonchev–Trinajstić information content (AvgIpc) is 3.17. The Morgan fingerprint density at radius 3 is 2.62 bits per heavy atom. The van der Waals surface area contributed by atoms with E-state index in [-0.39, 0.29) is 23.2 Å². The van der Waals surface area contributed by atoms with Crippen molar-refractivity contribution in [1.29, 1.82) is 0 Å². The van der Waals surface area contributed by atoms with Gasteiger partial charge in [0.1, 0.15) is 0 Å². The molecule has 1 fully saturated rings. The highest BCUT2D eigenvalue weighted by Gasteiger charge is 2.21. The monoisotopic (exact) mass is 419 g/mol. The fourth-order valence-electron chi connectivity index (χ4n) is 3.19. The number of anilines is 1. The minimum absolute atomic E-state index is 0.00522. The zero-order valence-corrected chi connectivity index (χ0v) is 16.8. The molecule has 0 saturated carbocycles. The van der Waals surface area contributed by atoms with Crippen LogP contribution in [0.4, 0.5) is 5.69 Å². The second kappa shape index (κ2) is 7.90. The summed E-state index contributed by atoms with van der Waals surface area (Å²) in [6, 6.07) is 10.8. The molecule has 0 aromatic heterocycles. The summed E-state index contributed by atoms with van der Waals surface area (Å²) in [6.45, 7) is 3.49. The van der Waals surface area contributed by atoms with Gasteiger partial charge in [0.05, 0.1) is 43.8 Å². The van der Waals surface area contributed by atoms with E-state index in [1.807, 2.05) is 5.01 Å². The maximum Gasteiger partial charge on any atom is 0.265 e. The Morgan fingerprint density at radius 2 is 1.83 bits per heavy atom. The number of likely N-dealkylation sites (N-methyl/N-ethyl adjacent to an activating group) is 1. The van der Waals surface area contributed by atoms with Gasteiger partial charge in [0.2, 0.25) is 6.79 Å². The molecule has 1 saturated heterocycles. The Kier molecular flexibility index (Phi) is 5.31. The lowest BCUT2D eigenvalue weighted by Gasteiger charge is -2.30. The second-order valence-electron chi connectivity index (χ2n) is 7.09. The number of sulfonamides is 1. The van der Waals surface area contributed by atoms with Gasteiger partial charge in [-0.15, -0.1) is 0 Å². The van der Waals surface area contributed by atoms with Gasteiger partial charge in [-0.1, -0.05) is 6.07 Å². The highest BCUT2D eigenvalue weighted by molar-refractivity contribution is 7.92. The number of amides is 1. The van der Waals surface area contributed by atoms with Gasteiger partial charge in [0, 0.05) is 11.6 Å². The molecular formula is C19H23N4O5S+. The summed E-state index contributed by atoms with van der Waals surface area (Å²) in [6.07, 6.45) is 0. The number of ether oxygens (including phenoxy) is 2. The lowest BCUT2D eigenvalue weighted by Crippen LogP contribution is -3.12. The van der Waals surface area contributed by atoms with E-state index in [4.69, 9.17) is 9.47 Å². The smallest absolute Gasteiger partial charge is 0.265 e. The third-order valence-corrected chi connectivity index (χ3v) is 6.29. The molecule has 0 radical (unpaired) electrons. The predicted octanol–water partition coefficient (Wildman–Crippen LogP) is -0.309. The van der Waals surface area contributed by atoms with E-state index in [1.54, 1.807) is 30.3 Å². The van der Waals surface area contributed by atoms with Crippen LogP contribution in [0.25, 0.3) is 0 Å². The van der Waals surface area contributed by atoms with Gasteiger partial charge < -0.3 is 14.4 Å². The fourth-order valence-corrected chi connectivity index (χ4v) is 4.28. The molecule has 0 unspecified atom stereocenters. The van der Waals surface area contributed by atoms with E-state index < -0.39 is 10.0 Å². The summed E-state index contributed by atoms with van der Waals surface area (Å²) < 4.78 is 38.6. The number of benzene rings is 2. The number of carbonyl (C=O) groups is 1. The molecular weight excluding hydrogens is 396 g/mol. The van der Waals surface area contributed by atoms with Crippen molar-refractivity contribution in [2.45, 2.75) is 4.90 Å². The third-order valence-electron chi connectivity index (χ3n) is 4.91. The molecule has 0 spiro atoms. The van der Waals surface area contributed by atoms with Gasteiger partial charge in [-0.2, -0.15) is 0 Å². The molecule has 10 heteroatoms. The molecule has 2 heterocycles. The number of quaternary nitrogens is 1. The van der Waals surface area contributed by atoms with Gasteiger partial charge in [0.15, 0.2) is 11.5 Å². The van der Waals surface area contributed by atoms with Gasteiger partial charge in [0.25, 0.3) is 15.9 Å². The molecule has 2 aromatic rings. The van der Waals surface area contributed by atoms with Crippen LogP contribution >= 0.6 is 0 Å². The van der Waals surface area contributed by atoms with E-state index in [0.29, 0.717) is 17.2 Å².